The molecule has 0 atom stereocenters. The van der Waals surface area contributed by atoms with Crippen molar-refractivity contribution in [1.29, 1.82) is 0 Å². The van der Waals surface area contributed by atoms with Crippen molar-refractivity contribution in [3.63, 3.8) is 0 Å². The first-order valence-electron chi connectivity index (χ1n) is 6.10. The molecule has 84 valence electrons. The number of aromatic nitrogens is 1. The van der Waals surface area contributed by atoms with Crippen LogP contribution >= 0.6 is 0 Å². The summed E-state index contributed by atoms with van der Waals surface area (Å²) in [5.74, 6) is 0. The number of nitrogens with two attached hydrogens (primary N) is 1. The first kappa shape index (κ1) is 9.91. The minimum Gasteiger partial charge on any atom is -0.341 e. The summed E-state index contributed by atoms with van der Waals surface area (Å²) in [6.45, 7) is 2.90. The van der Waals surface area contributed by atoms with Gasteiger partial charge in [-0.05, 0) is 55.8 Å². The smallest absolute Gasteiger partial charge is 0.0487 e. The van der Waals surface area contributed by atoms with Crippen molar-refractivity contribution in [3.8, 4) is 0 Å². The number of fused-ring (bicyclic) bond motifs is 1. The number of hydrogen-bond donors (Lipinski definition) is 1. The van der Waals surface area contributed by atoms with Gasteiger partial charge in [-0.3, -0.25) is 0 Å². The van der Waals surface area contributed by atoms with Crippen molar-refractivity contribution < 1.29 is 0 Å². The van der Waals surface area contributed by atoms with E-state index in [1.807, 2.05) is 0 Å². The fourth-order valence-corrected chi connectivity index (χ4v) is 2.49. The Morgan fingerprint density at radius 1 is 1.31 bits per heavy atom. The molecule has 0 spiro atoms. The number of hydrogen-bond acceptors (Lipinski definition) is 1. The third-order valence-corrected chi connectivity index (χ3v) is 3.39. The van der Waals surface area contributed by atoms with Gasteiger partial charge in [0.1, 0.15) is 0 Å². The molecular weight excluding hydrogens is 196 g/mol. The van der Waals surface area contributed by atoms with E-state index in [0.717, 1.165) is 19.0 Å². The molecule has 0 aliphatic heterocycles. The second-order valence-electron chi connectivity index (χ2n) is 4.84. The van der Waals surface area contributed by atoms with E-state index in [0.29, 0.717) is 0 Å². The van der Waals surface area contributed by atoms with E-state index in [1.54, 1.807) is 0 Å². The molecule has 1 fully saturated rings. The van der Waals surface area contributed by atoms with Crippen molar-refractivity contribution in [3.05, 3.63) is 35.5 Å². The van der Waals surface area contributed by atoms with Crippen LogP contribution in [-0.4, -0.2) is 11.1 Å². The van der Waals surface area contributed by atoms with Gasteiger partial charge in [0.2, 0.25) is 0 Å². The Hall–Kier alpha value is -1.28. The molecule has 16 heavy (non-hydrogen) atoms. The molecule has 2 nitrogen and oxygen atoms in total. The lowest BCUT2D eigenvalue weighted by atomic mass is 10.2. The van der Waals surface area contributed by atoms with E-state index in [4.69, 9.17) is 5.73 Å². The molecule has 1 aromatic carbocycles. The molecule has 0 unspecified atom stereocenters. The van der Waals surface area contributed by atoms with Crippen LogP contribution in [0.2, 0.25) is 0 Å². The number of aryl methyl sites for hydroxylation is 1. The number of rotatable bonds is 3. The van der Waals surface area contributed by atoms with E-state index in [-0.39, 0.29) is 0 Å². The maximum absolute atomic E-state index is 5.69. The predicted octanol–water partition coefficient (Wildman–Crippen LogP) is 2.79. The normalized spacial score (nSPS) is 15.9. The van der Waals surface area contributed by atoms with Gasteiger partial charge in [-0.25, -0.2) is 0 Å². The zero-order valence-corrected chi connectivity index (χ0v) is 9.74. The van der Waals surface area contributed by atoms with Crippen molar-refractivity contribution in [1.82, 2.24) is 4.57 Å². The standard InChI is InChI=1S/C14H18N2/c1-10-2-3-11-9-13(6-7-15)16(12-4-5-12)14(11)8-10/h2-3,8-9,12H,4-7,15H2,1H3. The first-order valence-corrected chi connectivity index (χ1v) is 6.10. The highest BCUT2D eigenvalue weighted by atomic mass is 15.1. The molecule has 1 aliphatic carbocycles. The van der Waals surface area contributed by atoms with Gasteiger partial charge in [-0.2, -0.15) is 0 Å². The second kappa shape index (κ2) is 3.63. The van der Waals surface area contributed by atoms with Crippen LogP contribution in [0.25, 0.3) is 10.9 Å². The van der Waals surface area contributed by atoms with Crippen LogP contribution < -0.4 is 5.73 Å². The van der Waals surface area contributed by atoms with E-state index in [2.05, 4.69) is 35.8 Å². The van der Waals surface area contributed by atoms with Gasteiger partial charge in [-0.1, -0.05) is 12.1 Å². The summed E-state index contributed by atoms with van der Waals surface area (Å²) in [5.41, 5.74) is 9.83. The summed E-state index contributed by atoms with van der Waals surface area (Å²) in [5, 5.41) is 1.36. The summed E-state index contributed by atoms with van der Waals surface area (Å²) in [6, 6.07) is 9.75. The highest BCUT2D eigenvalue weighted by Crippen LogP contribution is 2.39. The minimum absolute atomic E-state index is 0.737. The zero-order chi connectivity index (χ0) is 11.1. The lowest BCUT2D eigenvalue weighted by molar-refractivity contribution is 0.715. The molecule has 1 aromatic heterocycles. The monoisotopic (exact) mass is 214 g/mol. The summed E-state index contributed by atoms with van der Waals surface area (Å²) in [6.07, 6.45) is 3.65. The minimum atomic E-state index is 0.737. The lowest BCUT2D eigenvalue weighted by Crippen LogP contribution is -2.07. The second-order valence-corrected chi connectivity index (χ2v) is 4.84. The molecule has 3 rings (SSSR count). The third-order valence-electron chi connectivity index (χ3n) is 3.39. The number of benzene rings is 1. The Morgan fingerprint density at radius 2 is 2.12 bits per heavy atom. The summed E-state index contributed by atoms with van der Waals surface area (Å²) >= 11 is 0. The molecule has 0 radical (unpaired) electrons. The molecule has 0 saturated heterocycles. The largest absolute Gasteiger partial charge is 0.341 e. The average molecular weight is 214 g/mol. The molecule has 1 saturated carbocycles. The van der Waals surface area contributed by atoms with Crippen LogP contribution in [-0.2, 0) is 6.42 Å². The zero-order valence-electron chi connectivity index (χ0n) is 9.74. The van der Waals surface area contributed by atoms with Gasteiger partial charge in [-0.15, -0.1) is 0 Å². The Bertz CT molecular complexity index is 521. The highest BCUT2D eigenvalue weighted by molar-refractivity contribution is 5.82. The van der Waals surface area contributed by atoms with Crippen LogP contribution in [0, 0.1) is 6.92 Å². The summed E-state index contributed by atoms with van der Waals surface area (Å²) in [7, 11) is 0. The van der Waals surface area contributed by atoms with Crippen LogP contribution in [0.4, 0.5) is 0 Å². The SMILES string of the molecule is Cc1ccc2cc(CCN)n(C3CC3)c2c1. The predicted molar refractivity (Wildman–Crippen MR) is 67.7 cm³/mol. The van der Waals surface area contributed by atoms with E-state index in [1.165, 1.54) is 35.0 Å². The summed E-state index contributed by atoms with van der Waals surface area (Å²) in [4.78, 5) is 0. The Morgan fingerprint density at radius 3 is 2.81 bits per heavy atom. The van der Waals surface area contributed by atoms with E-state index >= 15 is 0 Å². The molecule has 0 amide bonds. The maximum atomic E-state index is 5.69. The van der Waals surface area contributed by atoms with Gasteiger partial charge in [0.05, 0.1) is 0 Å². The lowest BCUT2D eigenvalue weighted by Gasteiger charge is -2.08. The average Bonchev–Trinajstić information content (AvgIpc) is 3.02. The van der Waals surface area contributed by atoms with Crippen LogP contribution in [0.5, 0.6) is 0 Å². The third kappa shape index (κ3) is 1.54. The fraction of sp³-hybridized carbons (Fsp3) is 0.429. The summed E-state index contributed by atoms with van der Waals surface area (Å²) < 4.78 is 2.51. The van der Waals surface area contributed by atoms with Crippen molar-refractivity contribution >= 4 is 10.9 Å². The molecular formula is C14H18N2. The van der Waals surface area contributed by atoms with Gasteiger partial charge in [0, 0.05) is 17.3 Å². The Labute approximate surface area is 96.1 Å². The van der Waals surface area contributed by atoms with Crippen LogP contribution in [0.1, 0.15) is 30.1 Å². The first-order chi connectivity index (χ1) is 7.79. The quantitative estimate of drug-likeness (QED) is 0.836. The van der Waals surface area contributed by atoms with Crippen LogP contribution in [0.3, 0.4) is 0 Å². The number of nitrogens with zero attached hydrogens (tertiary/aromatic N) is 1. The van der Waals surface area contributed by atoms with Crippen LogP contribution in [0.15, 0.2) is 24.3 Å². The van der Waals surface area contributed by atoms with Crippen molar-refractivity contribution in [2.45, 2.75) is 32.2 Å². The van der Waals surface area contributed by atoms with E-state index in [9.17, 15) is 0 Å². The van der Waals surface area contributed by atoms with Gasteiger partial charge >= 0.3 is 0 Å². The molecule has 2 N–H and O–H groups in total. The molecule has 0 bridgehead atoms. The fourth-order valence-electron chi connectivity index (χ4n) is 2.49. The topological polar surface area (TPSA) is 30.9 Å². The molecule has 2 aromatic rings. The molecule has 2 heteroatoms. The Balaban J connectivity index is 2.21. The highest BCUT2D eigenvalue weighted by Gasteiger charge is 2.26. The van der Waals surface area contributed by atoms with Crippen molar-refractivity contribution in [2.75, 3.05) is 6.54 Å². The Kier molecular flexibility index (Phi) is 2.25. The molecule has 1 heterocycles. The maximum Gasteiger partial charge on any atom is 0.0487 e. The van der Waals surface area contributed by atoms with E-state index < -0.39 is 0 Å². The van der Waals surface area contributed by atoms with Gasteiger partial charge in [0.25, 0.3) is 0 Å². The van der Waals surface area contributed by atoms with Gasteiger partial charge < -0.3 is 10.3 Å². The van der Waals surface area contributed by atoms with Gasteiger partial charge in [0.15, 0.2) is 0 Å². The van der Waals surface area contributed by atoms with Crippen molar-refractivity contribution in [2.24, 2.45) is 5.73 Å². The molecule has 1 aliphatic rings.